The molecule has 1 N–H and O–H groups in total. The van der Waals surface area contributed by atoms with Crippen molar-refractivity contribution >= 4 is 18.1 Å². The minimum Gasteiger partial charge on any atom is -0.458 e. The van der Waals surface area contributed by atoms with Gasteiger partial charge in [0.1, 0.15) is 6.10 Å². The lowest BCUT2D eigenvalue weighted by Crippen LogP contribution is -2.39. The Morgan fingerprint density at radius 3 is 2.59 bits per heavy atom. The molecule has 0 aliphatic heterocycles. The topological polar surface area (TPSA) is 38.3 Å². The maximum absolute atomic E-state index is 10.5. The largest absolute Gasteiger partial charge is 0.458 e. The van der Waals surface area contributed by atoms with E-state index in [1.807, 2.05) is 18.2 Å². The zero-order valence-electron chi connectivity index (χ0n) is 10.4. The van der Waals surface area contributed by atoms with Gasteiger partial charge in [-0.15, -0.1) is 0 Å². The van der Waals surface area contributed by atoms with Crippen LogP contribution in [0.5, 0.6) is 0 Å². The van der Waals surface area contributed by atoms with E-state index in [1.165, 1.54) is 0 Å². The lowest BCUT2D eigenvalue weighted by molar-refractivity contribution is -0.133. The van der Waals surface area contributed by atoms with Gasteiger partial charge in [-0.2, -0.15) is 0 Å². The Kier molecular flexibility index (Phi) is 4.97. The smallest absolute Gasteiger partial charge is 0.293 e. The van der Waals surface area contributed by atoms with Crippen molar-refractivity contribution in [1.29, 1.82) is 0 Å². The number of ether oxygens (including phenoxy) is 1. The molecule has 0 saturated heterocycles. The van der Waals surface area contributed by atoms with Gasteiger partial charge in [0.2, 0.25) is 0 Å². The second kappa shape index (κ2) is 6.03. The van der Waals surface area contributed by atoms with Gasteiger partial charge in [-0.3, -0.25) is 4.79 Å². The van der Waals surface area contributed by atoms with Crippen molar-refractivity contribution in [3.8, 4) is 0 Å². The molecule has 1 unspecified atom stereocenters. The van der Waals surface area contributed by atoms with E-state index in [4.69, 9.17) is 16.3 Å². The summed E-state index contributed by atoms with van der Waals surface area (Å²) in [5, 5.41) is 3.90. The van der Waals surface area contributed by atoms with E-state index >= 15 is 0 Å². The summed E-state index contributed by atoms with van der Waals surface area (Å²) in [6, 6.07) is 7.37. The van der Waals surface area contributed by atoms with Crippen molar-refractivity contribution in [2.45, 2.75) is 32.4 Å². The first-order valence-corrected chi connectivity index (χ1v) is 5.90. The van der Waals surface area contributed by atoms with Crippen LogP contribution >= 0.6 is 11.6 Å². The molecule has 1 rings (SSSR count). The Morgan fingerprint density at radius 1 is 1.41 bits per heavy atom. The molecule has 94 valence electrons. The predicted octanol–water partition coefficient (Wildman–Crippen LogP) is 2.94. The van der Waals surface area contributed by atoms with E-state index in [1.54, 1.807) is 6.07 Å². The lowest BCUT2D eigenvalue weighted by atomic mass is 10.1. The third-order valence-electron chi connectivity index (χ3n) is 2.29. The number of carbonyl (C=O) groups excluding carboxylic acids is 1. The fourth-order valence-corrected chi connectivity index (χ4v) is 1.69. The van der Waals surface area contributed by atoms with Crippen LogP contribution in [0, 0.1) is 0 Å². The zero-order chi connectivity index (χ0) is 12.9. The van der Waals surface area contributed by atoms with Crippen LogP contribution in [0.3, 0.4) is 0 Å². The van der Waals surface area contributed by atoms with Gasteiger partial charge in [-0.05, 0) is 26.8 Å². The Labute approximate surface area is 107 Å². The maximum Gasteiger partial charge on any atom is 0.293 e. The third kappa shape index (κ3) is 4.75. The maximum atomic E-state index is 10.5. The molecule has 3 nitrogen and oxygen atoms in total. The third-order valence-corrected chi connectivity index (χ3v) is 2.63. The van der Waals surface area contributed by atoms with Crippen LogP contribution in [-0.2, 0) is 9.53 Å². The molecule has 17 heavy (non-hydrogen) atoms. The van der Waals surface area contributed by atoms with Crippen LogP contribution < -0.4 is 5.32 Å². The van der Waals surface area contributed by atoms with E-state index in [0.717, 1.165) is 5.56 Å². The van der Waals surface area contributed by atoms with Crippen molar-refractivity contribution in [2.24, 2.45) is 0 Å². The quantitative estimate of drug-likeness (QED) is 0.822. The zero-order valence-corrected chi connectivity index (χ0v) is 11.1. The number of benzene rings is 1. The van der Waals surface area contributed by atoms with Crippen LogP contribution in [0.1, 0.15) is 32.4 Å². The second-order valence-electron chi connectivity index (χ2n) is 4.87. The summed E-state index contributed by atoms with van der Waals surface area (Å²) in [4.78, 5) is 10.5. The number of hydrogen-bond donors (Lipinski definition) is 1. The highest BCUT2D eigenvalue weighted by Gasteiger charge is 2.18. The fourth-order valence-electron chi connectivity index (χ4n) is 1.43. The highest BCUT2D eigenvalue weighted by atomic mass is 35.5. The summed E-state index contributed by atoms with van der Waals surface area (Å²) >= 11 is 6.08. The van der Waals surface area contributed by atoms with Crippen molar-refractivity contribution in [3.63, 3.8) is 0 Å². The van der Waals surface area contributed by atoms with Crippen LogP contribution in [0.4, 0.5) is 0 Å². The first kappa shape index (κ1) is 14.0. The first-order chi connectivity index (χ1) is 7.94. The molecule has 0 amide bonds. The summed E-state index contributed by atoms with van der Waals surface area (Å²) in [6.07, 6.45) is -0.361. The van der Waals surface area contributed by atoms with Gasteiger partial charge < -0.3 is 10.1 Å². The van der Waals surface area contributed by atoms with Gasteiger partial charge in [0.15, 0.2) is 0 Å². The van der Waals surface area contributed by atoms with E-state index in [0.29, 0.717) is 18.0 Å². The molecule has 1 atom stereocenters. The molecule has 0 saturated carbocycles. The fraction of sp³-hybridized carbons (Fsp3) is 0.462. The van der Waals surface area contributed by atoms with Gasteiger partial charge in [0, 0.05) is 22.7 Å². The number of halogens is 1. The molecule has 0 aliphatic rings. The SMILES string of the molecule is CC(C)(C)NCC(OC=O)c1ccccc1Cl. The van der Waals surface area contributed by atoms with Crippen LogP contribution in [0.25, 0.3) is 0 Å². The summed E-state index contributed by atoms with van der Waals surface area (Å²) < 4.78 is 5.08. The average Bonchev–Trinajstić information content (AvgIpc) is 2.24. The van der Waals surface area contributed by atoms with Gasteiger partial charge in [-0.1, -0.05) is 29.8 Å². The number of carbonyl (C=O) groups is 1. The summed E-state index contributed by atoms with van der Waals surface area (Å²) in [5.74, 6) is 0. The minimum absolute atomic E-state index is 0.0360. The van der Waals surface area contributed by atoms with Crippen LogP contribution in [-0.4, -0.2) is 18.6 Å². The van der Waals surface area contributed by atoms with E-state index in [-0.39, 0.29) is 11.6 Å². The molecule has 1 aromatic carbocycles. The monoisotopic (exact) mass is 255 g/mol. The van der Waals surface area contributed by atoms with Crippen molar-refractivity contribution < 1.29 is 9.53 Å². The highest BCUT2D eigenvalue weighted by Crippen LogP contribution is 2.24. The highest BCUT2D eigenvalue weighted by molar-refractivity contribution is 6.31. The average molecular weight is 256 g/mol. The summed E-state index contributed by atoms with van der Waals surface area (Å²) in [7, 11) is 0. The molecule has 0 aliphatic carbocycles. The molecule has 0 fully saturated rings. The van der Waals surface area contributed by atoms with Gasteiger partial charge in [0.05, 0.1) is 0 Å². The summed E-state index contributed by atoms with van der Waals surface area (Å²) in [6.45, 7) is 7.15. The normalized spacial score (nSPS) is 13.2. The van der Waals surface area contributed by atoms with E-state index in [2.05, 4.69) is 26.1 Å². The Morgan fingerprint density at radius 2 is 2.06 bits per heavy atom. The van der Waals surface area contributed by atoms with Crippen LogP contribution in [0.2, 0.25) is 5.02 Å². The number of hydrogen-bond acceptors (Lipinski definition) is 3. The molecular weight excluding hydrogens is 238 g/mol. The van der Waals surface area contributed by atoms with Crippen molar-refractivity contribution in [2.75, 3.05) is 6.54 Å². The molecule has 0 radical (unpaired) electrons. The molecule has 4 heteroatoms. The second-order valence-corrected chi connectivity index (χ2v) is 5.28. The number of rotatable bonds is 5. The summed E-state index contributed by atoms with van der Waals surface area (Å²) in [5.41, 5.74) is 0.782. The number of nitrogens with one attached hydrogen (secondary N) is 1. The minimum atomic E-state index is -0.361. The predicted molar refractivity (Wildman–Crippen MR) is 69.1 cm³/mol. The molecule has 0 spiro atoms. The molecule has 0 bridgehead atoms. The van der Waals surface area contributed by atoms with Gasteiger partial charge in [0.25, 0.3) is 6.47 Å². The Bertz CT molecular complexity index is 374. The molecule has 1 aromatic rings. The standard InChI is InChI=1S/C13H18ClNO2/c1-13(2,3)15-8-12(17-9-16)10-6-4-5-7-11(10)14/h4-7,9,12,15H,8H2,1-3H3. The van der Waals surface area contributed by atoms with Gasteiger partial charge in [-0.25, -0.2) is 0 Å². The Balaban J connectivity index is 2.79. The van der Waals surface area contributed by atoms with Crippen molar-refractivity contribution in [1.82, 2.24) is 5.32 Å². The molecule has 0 heterocycles. The first-order valence-electron chi connectivity index (χ1n) is 5.52. The van der Waals surface area contributed by atoms with Crippen LogP contribution in [0.15, 0.2) is 24.3 Å². The molecular formula is C13H18ClNO2. The Hall–Kier alpha value is -1.06. The molecule has 0 aromatic heterocycles. The van der Waals surface area contributed by atoms with Crippen molar-refractivity contribution in [3.05, 3.63) is 34.9 Å². The lowest BCUT2D eigenvalue weighted by Gasteiger charge is -2.25. The van der Waals surface area contributed by atoms with Gasteiger partial charge >= 0.3 is 0 Å². The van der Waals surface area contributed by atoms with E-state index < -0.39 is 0 Å². The van der Waals surface area contributed by atoms with E-state index in [9.17, 15) is 4.79 Å².